The molecule has 1 fully saturated rings. The monoisotopic (exact) mass is 150 g/mol. The molecule has 0 aromatic carbocycles. The summed E-state index contributed by atoms with van der Waals surface area (Å²) in [5.41, 5.74) is 0.482. The molecule has 1 heteroatoms. The minimum Gasteiger partial charge on any atom is -0.0721 e. The second kappa shape index (κ2) is 3.64. The van der Waals surface area contributed by atoms with Gasteiger partial charge in [0.1, 0.15) is 0 Å². The summed E-state index contributed by atoms with van der Waals surface area (Å²) >= 11 is 0. The average Bonchev–Trinajstić information content (AvgIpc) is 2.38. The molecule has 1 unspecified atom stereocenters. The van der Waals surface area contributed by atoms with Crippen LogP contribution in [0.5, 0.6) is 0 Å². The zero-order valence-corrected chi connectivity index (χ0v) is 7.90. The SMILES string of the molecule is [B]C(CCC)C1(C)CCCC1. The summed E-state index contributed by atoms with van der Waals surface area (Å²) in [6.07, 6.45) is 7.94. The average molecular weight is 150 g/mol. The Hall–Kier alpha value is 0.0649. The quantitative estimate of drug-likeness (QED) is 0.541. The summed E-state index contributed by atoms with van der Waals surface area (Å²) in [6, 6.07) is 0. The lowest BCUT2D eigenvalue weighted by molar-refractivity contribution is 0.299. The van der Waals surface area contributed by atoms with E-state index in [2.05, 4.69) is 13.8 Å². The number of rotatable bonds is 3. The van der Waals surface area contributed by atoms with Crippen molar-refractivity contribution in [1.29, 1.82) is 0 Å². The van der Waals surface area contributed by atoms with E-state index in [0.29, 0.717) is 11.2 Å². The summed E-state index contributed by atoms with van der Waals surface area (Å²) in [4.78, 5) is 0. The standard InChI is InChI=1S/C10H19B/c1-3-6-9(11)10(2)7-4-5-8-10/h9H,3-8H2,1-2H3. The Labute approximate surface area is 72.2 Å². The normalized spacial score (nSPS) is 25.3. The maximum absolute atomic E-state index is 6.12. The fourth-order valence-corrected chi connectivity index (χ4v) is 2.21. The van der Waals surface area contributed by atoms with E-state index in [-0.39, 0.29) is 0 Å². The molecular weight excluding hydrogens is 131 g/mol. The zero-order valence-electron chi connectivity index (χ0n) is 7.90. The van der Waals surface area contributed by atoms with Gasteiger partial charge in [0.2, 0.25) is 0 Å². The molecule has 0 nitrogen and oxygen atoms in total. The van der Waals surface area contributed by atoms with E-state index in [1.165, 1.54) is 38.5 Å². The molecule has 1 atom stereocenters. The fourth-order valence-electron chi connectivity index (χ4n) is 2.21. The highest BCUT2D eigenvalue weighted by atomic mass is 14.4. The molecule has 0 spiro atoms. The molecule has 1 rings (SSSR count). The van der Waals surface area contributed by atoms with Crippen LogP contribution in [0.2, 0.25) is 5.82 Å². The predicted octanol–water partition coefficient (Wildman–Crippen LogP) is 3.32. The fraction of sp³-hybridized carbons (Fsp3) is 1.00. The van der Waals surface area contributed by atoms with Crippen LogP contribution in [0, 0.1) is 5.41 Å². The van der Waals surface area contributed by atoms with Gasteiger partial charge in [-0.25, -0.2) is 0 Å². The molecule has 0 aromatic rings. The van der Waals surface area contributed by atoms with Crippen LogP contribution in [0.3, 0.4) is 0 Å². The third-order valence-electron chi connectivity index (χ3n) is 3.24. The maximum atomic E-state index is 6.12. The number of hydrogen-bond acceptors (Lipinski definition) is 0. The zero-order chi connectivity index (χ0) is 8.32. The van der Waals surface area contributed by atoms with Crippen LogP contribution < -0.4 is 0 Å². The van der Waals surface area contributed by atoms with Crippen molar-refractivity contribution in [3.05, 3.63) is 0 Å². The molecule has 0 aromatic heterocycles. The van der Waals surface area contributed by atoms with Gasteiger partial charge in [-0.2, -0.15) is 0 Å². The van der Waals surface area contributed by atoms with Crippen molar-refractivity contribution in [3.63, 3.8) is 0 Å². The van der Waals surface area contributed by atoms with Gasteiger partial charge in [0.25, 0.3) is 0 Å². The van der Waals surface area contributed by atoms with Crippen LogP contribution in [0.15, 0.2) is 0 Å². The Balaban J connectivity index is 2.42. The number of hydrogen-bond donors (Lipinski definition) is 0. The topological polar surface area (TPSA) is 0 Å². The summed E-state index contributed by atoms with van der Waals surface area (Å²) in [6.45, 7) is 4.58. The van der Waals surface area contributed by atoms with E-state index in [4.69, 9.17) is 7.85 Å². The van der Waals surface area contributed by atoms with Crippen LogP contribution in [0.4, 0.5) is 0 Å². The van der Waals surface area contributed by atoms with E-state index < -0.39 is 0 Å². The minimum atomic E-state index is 0.454. The molecule has 0 aliphatic heterocycles. The first-order valence-corrected chi connectivity index (χ1v) is 4.94. The third kappa shape index (κ3) is 2.01. The first kappa shape index (κ1) is 9.16. The van der Waals surface area contributed by atoms with Gasteiger partial charge in [-0.3, -0.25) is 0 Å². The van der Waals surface area contributed by atoms with Gasteiger partial charge in [-0.05, 0) is 18.3 Å². The molecule has 1 aliphatic rings. The molecule has 2 radical (unpaired) electrons. The van der Waals surface area contributed by atoms with Crippen molar-refractivity contribution >= 4 is 7.85 Å². The minimum absolute atomic E-state index is 0.454. The smallest absolute Gasteiger partial charge is 0.0706 e. The van der Waals surface area contributed by atoms with Gasteiger partial charge in [0.15, 0.2) is 0 Å². The molecular formula is C10H19B. The lowest BCUT2D eigenvalue weighted by Gasteiger charge is -2.31. The van der Waals surface area contributed by atoms with E-state index in [1.807, 2.05) is 0 Å². The molecule has 11 heavy (non-hydrogen) atoms. The van der Waals surface area contributed by atoms with Crippen LogP contribution >= 0.6 is 0 Å². The van der Waals surface area contributed by atoms with Crippen LogP contribution in [0.1, 0.15) is 52.4 Å². The van der Waals surface area contributed by atoms with E-state index in [1.54, 1.807) is 0 Å². The first-order chi connectivity index (χ1) is 5.19. The highest BCUT2D eigenvalue weighted by molar-refractivity contribution is 6.12. The summed E-state index contributed by atoms with van der Waals surface area (Å²) in [5.74, 6) is 0.454. The Morgan fingerprint density at radius 1 is 1.36 bits per heavy atom. The molecule has 0 N–H and O–H groups in total. The van der Waals surface area contributed by atoms with Crippen molar-refractivity contribution in [3.8, 4) is 0 Å². The predicted molar refractivity (Wildman–Crippen MR) is 51.0 cm³/mol. The van der Waals surface area contributed by atoms with E-state index in [0.717, 1.165) is 0 Å². The second-order valence-corrected chi connectivity index (χ2v) is 4.26. The van der Waals surface area contributed by atoms with E-state index >= 15 is 0 Å². The van der Waals surface area contributed by atoms with Crippen molar-refractivity contribution in [2.45, 2.75) is 58.2 Å². The lowest BCUT2D eigenvalue weighted by Crippen LogP contribution is -2.19. The summed E-state index contributed by atoms with van der Waals surface area (Å²) < 4.78 is 0. The Morgan fingerprint density at radius 3 is 2.36 bits per heavy atom. The van der Waals surface area contributed by atoms with Crippen molar-refractivity contribution in [2.75, 3.05) is 0 Å². The van der Waals surface area contributed by atoms with E-state index in [9.17, 15) is 0 Å². The molecule has 1 saturated carbocycles. The van der Waals surface area contributed by atoms with Crippen LogP contribution in [-0.2, 0) is 0 Å². The van der Waals surface area contributed by atoms with Gasteiger partial charge in [0.05, 0.1) is 7.85 Å². The Bertz CT molecular complexity index is 114. The van der Waals surface area contributed by atoms with Gasteiger partial charge >= 0.3 is 0 Å². The largest absolute Gasteiger partial charge is 0.0721 e. The van der Waals surface area contributed by atoms with Crippen LogP contribution in [0.25, 0.3) is 0 Å². The van der Waals surface area contributed by atoms with Crippen molar-refractivity contribution in [1.82, 2.24) is 0 Å². The Morgan fingerprint density at radius 2 is 1.91 bits per heavy atom. The first-order valence-electron chi connectivity index (χ1n) is 4.94. The van der Waals surface area contributed by atoms with Gasteiger partial charge in [0, 0.05) is 0 Å². The maximum Gasteiger partial charge on any atom is 0.0706 e. The summed E-state index contributed by atoms with van der Waals surface area (Å²) in [5, 5.41) is 0. The Kier molecular flexibility index (Phi) is 3.03. The van der Waals surface area contributed by atoms with Crippen molar-refractivity contribution < 1.29 is 0 Å². The highest BCUT2D eigenvalue weighted by Gasteiger charge is 2.32. The van der Waals surface area contributed by atoms with Gasteiger partial charge in [-0.15, -0.1) is 0 Å². The lowest BCUT2D eigenvalue weighted by atomic mass is 9.63. The van der Waals surface area contributed by atoms with Gasteiger partial charge in [-0.1, -0.05) is 45.3 Å². The molecule has 0 bridgehead atoms. The van der Waals surface area contributed by atoms with Crippen LogP contribution in [-0.4, -0.2) is 7.85 Å². The molecule has 0 saturated heterocycles. The van der Waals surface area contributed by atoms with Crippen molar-refractivity contribution in [2.24, 2.45) is 5.41 Å². The second-order valence-electron chi connectivity index (χ2n) is 4.26. The van der Waals surface area contributed by atoms with Gasteiger partial charge < -0.3 is 0 Å². The molecule has 0 heterocycles. The summed E-state index contributed by atoms with van der Waals surface area (Å²) in [7, 11) is 6.12. The third-order valence-corrected chi connectivity index (χ3v) is 3.24. The molecule has 62 valence electrons. The molecule has 0 amide bonds. The molecule has 1 aliphatic carbocycles. The highest BCUT2D eigenvalue weighted by Crippen LogP contribution is 2.47.